The number of carbonyl (C=O) groups is 4. The van der Waals surface area contributed by atoms with Crippen LogP contribution in [-0.4, -0.2) is 119 Å². The van der Waals surface area contributed by atoms with Crippen molar-refractivity contribution in [1.29, 1.82) is 0 Å². The smallest absolute Gasteiger partial charge is 0.251 e. The van der Waals surface area contributed by atoms with E-state index >= 15 is 0 Å². The highest BCUT2D eigenvalue weighted by Gasteiger charge is 2.53. The quantitative estimate of drug-likeness (QED) is 0.0439. The topological polar surface area (TPSA) is 178 Å². The van der Waals surface area contributed by atoms with Crippen molar-refractivity contribution in [2.75, 3.05) is 69.5 Å². The summed E-state index contributed by atoms with van der Waals surface area (Å²) in [6, 6.07) is 27.4. The maximum absolute atomic E-state index is 14.9. The Balaban J connectivity index is 0.000000169. The van der Waals surface area contributed by atoms with E-state index in [9.17, 15) is 23.6 Å². The standard InChI is InChI=1S/C26H43N5O3.C23H26ClFN2O.C17H15ClN4S/c1-21(33)27-11-6-12-30-13-15-31(16-14-30)19-26(4,5)17-25(2,3)18-28-24(34)22-7-9-23(10-8-22)29-20-32;1-15-7-5-10-18(21(15)25)19-14-26-23(11-3-2-4-12-23)20(19)22(28)27-17-9-6-8-16(24)13-17;1-9-10(2)23-17-15(9)16(12-4-6-13(18)7-5-12)19-8-14-21-20-11(3)22(14)17/h7-10,20H,6,11-19H2,1-5H3,(H,27,33)(H,28,34)(H,29,32);5-10,13,19-20,26H,2-4,11-12,14H2,1H3,(H,27,28);4-7H,8H2,1-3H3. The van der Waals surface area contributed by atoms with Crippen LogP contribution in [0.25, 0.3) is 5.00 Å². The van der Waals surface area contributed by atoms with E-state index in [4.69, 9.17) is 28.2 Å². The van der Waals surface area contributed by atoms with Crippen molar-refractivity contribution in [1.82, 2.24) is 40.5 Å². The summed E-state index contributed by atoms with van der Waals surface area (Å²) in [5.74, 6) is 0.974. The normalized spacial score (nSPS) is 17.6. The molecule has 2 atom stereocenters. The fourth-order valence-electron chi connectivity index (χ4n) is 12.9. The van der Waals surface area contributed by atoms with Gasteiger partial charge in [0, 0.05) is 114 Å². The number of halogens is 3. The van der Waals surface area contributed by atoms with Gasteiger partial charge in [-0.3, -0.25) is 28.7 Å². The average Bonchev–Trinajstić information content (AvgIpc) is 2.14. The van der Waals surface area contributed by atoms with Crippen LogP contribution in [0.5, 0.6) is 0 Å². The number of anilines is 2. The van der Waals surface area contributed by atoms with Gasteiger partial charge in [-0.2, -0.15) is 0 Å². The first-order valence-corrected chi connectivity index (χ1v) is 31.3. The molecule has 0 radical (unpaired) electrons. The van der Waals surface area contributed by atoms with Gasteiger partial charge < -0.3 is 36.4 Å². The van der Waals surface area contributed by atoms with E-state index < -0.39 is 0 Å². The summed E-state index contributed by atoms with van der Waals surface area (Å²) in [6.07, 6.45) is 7.89. The van der Waals surface area contributed by atoms with Gasteiger partial charge >= 0.3 is 0 Å². The van der Waals surface area contributed by atoms with Gasteiger partial charge in [-0.15, -0.1) is 21.5 Å². The summed E-state index contributed by atoms with van der Waals surface area (Å²) in [5.41, 5.74) is 7.54. The number of aryl methyl sites for hydroxylation is 3. The third-order valence-corrected chi connectivity index (χ3v) is 18.5. The van der Waals surface area contributed by atoms with Gasteiger partial charge in [-0.1, -0.05) is 107 Å². The SMILES string of the molecule is CC(=O)NCCCN1CCN(CC(C)(C)CC(C)(C)CNC(=O)c2ccc(NC=O)cc2)CC1.Cc1cccc(C2CNC3(CCCCC3)C2C(=O)Nc2cccc(Cl)c2)c1F.Cc1sc2c(c1C)C(c1ccc(Cl)cc1)=NCc1nnc(C)n1-2. The molecule has 5 heterocycles. The number of rotatable bonds is 17. The molecule has 4 aromatic carbocycles. The molecule has 3 aliphatic heterocycles. The summed E-state index contributed by atoms with van der Waals surface area (Å²) >= 11 is 13.9. The summed E-state index contributed by atoms with van der Waals surface area (Å²) in [7, 11) is 0. The van der Waals surface area contributed by atoms with E-state index in [1.165, 1.54) is 22.4 Å². The fraction of sp³-hybridized carbons (Fsp3) is 0.470. The first-order valence-electron chi connectivity index (χ1n) is 29.7. The molecule has 0 bridgehead atoms. The Kier molecular flexibility index (Phi) is 22.0. The maximum atomic E-state index is 14.9. The molecule has 1 spiro atoms. The zero-order valence-electron chi connectivity index (χ0n) is 50.8. The number of fused-ring (bicyclic) bond motifs is 3. The molecule has 85 heavy (non-hydrogen) atoms. The van der Waals surface area contributed by atoms with E-state index in [1.807, 2.05) is 55.5 Å². The minimum atomic E-state index is -0.317. The molecule has 1 saturated carbocycles. The van der Waals surface area contributed by atoms with Crippen LogP contribution in [0.15, 0.2) is 96.0 Å². The number of thiophene rings is 1. The number of aliphatic imine (C=N–C) groups is 1. The van der Waals surface area contributed by atoms with Crippen molar-refractivity contribution < 1.29 is 23.6 Å². The Morgan fingerprint density at radius 1 is 0.824 bits per heavy atom. The minimum absolute atomic E-state index is 0.0380. The predicted molar refractivity (Wildman–Crippen MR) is 342 cm³/mol. The second-order valence-corrected chi connectivity index (χ2v) is 26.9. The highest BCUT2D eigenvalue weighted by Crippen LogP contribution is 2.47. The molecule has 2 unspecified atom stereocenters. The van der Waals surface area contributed by atoms with Crippen molar-refractivity contribution in [3.8, 4) is 5.00 Å². The Morgan fingerprint density at radius 2 is 1.52 bits per heavy atom. The van der Waals surface area contributed by atoms with Crippen LogP contribution in [0.4, 0.5) is 15.8 Å². The predicted octanol–water partition coefficient (Wildman–Crippen LogP) is 12.3. The third-order valence-electron chi connectivity index (χ3n) is 16.8. The number of nitrogens with zero attached hydrogens (tertiary/aromatic N) is 6. The highest BCUT2D eigenvalue weighted by atomic mass is 35.5. The lowest BCUT2D eigenvalue weighted by Crippen LogP contribution is -2.50. The maximum Gasteiger partial charge on any atom is 0.251 e. The Hall–Kier alpha value is -6.34. The molecule has 1 aliphatic carbocycles. The van der Waals surface area contributed by atoms with Gasteiger partial charge in [-0.25, -0.2) is 4.39 Å². The number of hydrogen-bond donors (Lipinski definition) is 5. The average molecular weight is 1220 g/mol. The largest absolute Gasteiger partial charge is 0.356 e. The second kappa shape index (κ2) is 28.9. The van der Waals surface area contributed by atoms with E-state index in [-0.39, 0.29) is 51.7 Å². The van der Waals surface area contributed by atoms with Gasteiger partial charge in [0.25, 0.3) is 5.91 Å². The van der Waals surface area contributed by atoms with Crippen LogP contribution in [0.3, 0.4) is 0 Å². The monoisotopic (exact) mass is 1220 g/mol. The number of amides is 4. The van der Waals surface area contributed by atoms with Gasteiger partial charge in [-0.05, 0) is 142 Å². The van der Waals surface area contributed by atoms with Crippen molar-refractivity contribution in [2.24, 2.45) is 21.7 Å². The molecule has 4 amide bonds. The van der Waals surface area contributed by atoms with Crippen LogP contribution in [0, 0.1) is 50.3 Å². The van der Waals surface area contributed by atoms with Crippen LogP contribution < -0.4 is 26.6 Å². The van der Waals surface area contributed by atoms with Crippen LogP contribution in [-0.2, 0) is 20.9 Å². The van der Waals surface area contributed by atoms with E-state index in [1.54, 1.807) is 67.6 Å². The first kappa shape index (κ1) is 64.7. The number of aromatic nitrogens is 3. The summed E-state index contributed by atoms with van der Waals surface area (Å²) in [6.45, 7) is 27.5. The molecule has 2 saturated heterocycles. The van der Waals surface area contributed by atoms with Crippen molar-refractivity contribution in [3.05, 3.63) is 157 Å². The molecule has 454 valence electrons. The number of hydrogen-bond acceptors (Lipinski definition) is 11. The summed E-state index contributed by atoms with van der Waals surface area (Å²) in [5, 5.41) is 26.2. The molecule has 6 aromatic rings. The molecule has 5 N–H and O–H groups in total. The van der Waals surface area contributed by atoms with Crippen molar-refractivity contribution in [3.63, 3.8) is 0 Å². The molecule has 3 fully saturated rings. The third kappa shape index (κ3) is 16.8. The number of piperazine rings is 1. The molecule has 19 heteroatoms. The zero-order chi connectivity index (χ0) is 61.1. The lowest BCUT2D eigenvalue weighted by Gasteiger charge is -2.41. The van der Waals surface area contributed by atoms with E-state index in [0.29, 0.717) is 59.1 Å². The molecule has 4 aliphatic rings. The summed E-state index contributed by atoms with van der Waals surface area (Å²) < 4.78 is 17.1. The van der Waals surface area contributed by atoms with Gasteiger partial charge in [0.05, 0.1) is 11.6 Å². The van der Waals surface area contributed by atoms with Crippen molar-refractivity contribution >= 4 is 75.8 Å². The molecule has 10 rings (SSSR count). The number of nitrogens with one attached hydrogen (secondary N) is 5. The van der Waals surface area contributed by atoms with Crippen LogP contribution in [0.1, 0.15) is 140 Å². The van der Waals surface area contributed by atoms with Gasteiger partial charge in [0.15, 0.2) is 5.82 Å². The van der Waals surface area contributed by atoms with E-state index in [2.05, 4.69) is 92.7 Å². The summed E-state index contributed by atoms with van der Waals surface area (Å²) in [4.78, 5) is 58.7. The zero-order valence-corrected chi connectivity index (χ0v) is 53.1. The van der Waals surface area contributed by atoms with Gasteiger partial charge in [0.2, 0.25) is 18.2 Å². The second-order valence-electron chi connectivity index (χ2n) is 24.8. The lowest BCUT2D eigenvalue weighted by atomic mass is 9.69. The van der Waals surface area contributed by atoms with E-state index in [0.717, 1.165) is 117 Å². The fourth-order valence-corrected chi connectivity index (χ4v) is 14.5. The lowest BCUT2D eigenvalue weighted by molar-refractivity contribution is -0.122. The van der Waals surface area contributed by atoms with Crippen molar-refractivity contribution in [2.45, 2.75) is 125 Å². The van der Waals surface area contributed by atoms with Gasteiger partial charge in [0.1, 0.15) is 23.2 Å². The number of benzene rings is 4. The van der Waals surface area contributed by atoms with Crippen LogP contribution in [0.2, 0.25) is 10.0 Å². The molecule has 2 aromatic heterocycles. The van der Waals surface area contributed by atoms with Crippen LogP contribution >= 0.6 is 34.5 Å². The molecule has 15 nitrogen and oxygen atoms in total. The Morgan fingerprint density at radius 3 is 2.20 bits per heavy atom. The first-order chi connectivity index (χ1) is 40.6. The minimum Gasteiger partial charge on any atom is -0.356 e. The molecular weight excluding hydrogens is 1130 g/mol. The number of carbonyl (C=O) groups excluding carboxylic acids is 4. The Bertz CT molecular complexity index is 3310. The molecular formula is C66H84Cl2FN11O4S. The Labute approximate surface area is 515 Å². The highest BCUT2D eigenvalue weighted by molar-refractivity contribution is 7.15.